The summed E-state index contributed by atoms with van der Waals surface area (Å²) >= 11 is 18.0. The van der Waals surface area contributed by atoms with Crippen molar-refractivity contribution in [3.8, 4) is 5.75 Å². The molecule has 5 nitrogen and oxygen atoms in total. The maximum atomic E-state index is 12.8. The summed E-state index contributed by atoms with van der Waals surface area (Å²) < 4.78 is 5.38. The van der Waals surface area contributed by atoms with Gasteiger partial charge in [0.2, 0.25) is 0 Å². The van der Waals surface area contributed by atoms with Gasteiger partial charge in [-0.25, -0.2) is 0 Å². The molecule has 138 valence electrons. The number of hydrogen-bond donors (Lipinski definition) is 1. The van der Waals surface area contributed by atoms with Crippen molar-refractivity contribution in [2.75, 3.05) is 45.9 Å². The number of morpholine rings is 1. The Labute approximate surface area is 162 Å². The Balaban J connectivity index is 1.62. The zero-order chi connectivity index (χ0) is 18.0. The van der Waals surface area contributed by atoms with Gasteiger partial charge in [-0.05, 0) is 24.8 Å². The van der Waals surface area contributed by atoms with E-state index in [1.54, 1.807) is 4.90 Å². The van der Waals surface area contributed by atoms with E-state index in [0.717, 1.165) is 45.7 Å². The first-order valence-electron chi connectivity index (χ1n) is 8.43. The molecule has 0 unspecified atom stereocenters. The highest BCUT2D eigenvalue weighted by Crippen LogP contribution is 2.39. The van der Waals surface area contributed by atoms with Crippen LogP contribution in [0.25, 0.3) is 0 Å². The molecule has 0 aliphatic carbocycles. The van der Waals surface area contributed by atoms with Gasteiger partial charge in [-0.15, -0.1) is 0 Å². The number of aromatic hydroxyl groups is 1. The maximum absolute atomic E-state index is 12.8. The lowest BCUT2D eigenvalue weighted by Gasteiger charge is -2.36. The first-order chi connectivity index (χ1) is 12.0. The molecule has 1 aromatic carbocycles. The van der Waals surface area contributed by atoms with E-state index in [1.165, 1.54) is 6.07 Å². The van der Waals surface area contributed by atoms with Crippen molar-refractivity contribution < 1.29 is 14.6 Å². The Hall–Kier alpha value is -0.720. The summed E-state index contributed by atoms with van der Waals surface area (Å²) in [7, 11) is 0. The second-order valence-electron chi connectivity index (χ2n) is 6.53. The number of likely N-dealkylation sites (tertiary alicyclic amines) is 1. The molecule has 2 heterocycles. The maximum Gasteiger partial charge on any atom is 0.259 e. The van der Waals surface area contributed by atoms with E-state index >= 15 is 0 Å². The summed E-state index contributed by atoms with van der Waals surface area (Å²) in [5.74, 6) is -0.0672. The molecule has 1 N–H and O–H groups in total. The average molecular weight is 408 g/mol. The van der Waals surface area contributed by atoms with Gasteiger partial charge >= 0.3 is 0 Å². The van der Waals surface area contributed by atoms with E-state index in [1.807, 2.05) is 0 Å². The Morgan fingerprint density at radius 3 is 2.40 bits per heavy atom. The number of nitrogens with zero attached hydrogens (tertiary/aromatic N) is 2. The van der Waals surface area contributed by atoms with Crippen molar-refractivity contribution in [2.24, 2.45) is 5.92 Å². The minimum atomic E-state index is -0.322. The zero-order valence-corrected chi connectivity index (χ0v) is 16.1. The monoisotopic (exact) mass is 406 g/mol. The average Bonchev–Trinajstić information content (AvgIpc) is 2.62. The number of ether oxygens (including phenoxy) is 1. The van der Waals surface area contributed by atoms with Crippen LogP contribution in [-0.2, 0) is 4.74 Å². The van der Waals surface area contributed by atoms with Crippen LogP contribution in [0, 0.1) is 5.92 Å². The Kier molecular flexibility index (Phi) is 6.34. The van der Waals surface area contributed by atoms with E-state index in [2.05, 4.69) is 4.90 Å². The highest BCUT2D eigenvalue weighted by Gasteiger charge is 2.29. The number of phenolic OH excluding ortho intramolecular Hbond substituents is 1. The van der Waals surface area contributed by atoms with Crippen molar-refractivity contribution in [1.82, 2.24) is 9.80 Å². The molecule has 0 atom stereocenters. The predicted molar refractivity (Wildman–Crippen MR) is 99.0 cm³/mol. The fourth-order valence-corrected chi connectivity index (χ4v) is 4.09. The number of rotatable bonds is 3. The summed E-state index contributed by atoms with van der Waals surface area (Å²) in [6, 6.07) is 1.34. The standard InChI is InChI=1S/C17H21Cl3N2O3/c18-12-9-13(19)16(23)14(15(12)20)17(24)22-3-1-11(2-4-22)10-21-5-7-25-8-6-21/h9,11,23H,1-8,10H2. The molecule has 1 aromatic rings. The minimum absolute atomic E-state index is 0.00852. The zero-order valence-electron chi connectivity index (χ0n) is 13.8. The number of halogens is 3. The van der Waals surface area contributed by atoms with Crippen LogP contribution in [0.15, 0.2) is 6.07 Å². The van der Waals surface area contributed by atoms with Gasteiger partial charge in [-0.3, -0.25) is 9.69 Å². The number of hydrogen-bond acceptors (Lipinski definition) is 4. The second kappa shape index (κ2) is 8.31. The molecule has 25 heavy (non-hydrogen) atoms. The topological polar surface area (TPSA) is 53.0 Å². The molecule has 2 aliphatic rings. The van der Waals surface area contributed by atoms with Crippen LogP contribution in [-0.4, -0.2) is 66.8 Å². The molecule has 0 aromatic heterocycles. The van der Waals surface area contributed by atoms with Gasteiger partial charge < -0.3 is 14.7 Å². The predicted octanol–water partition coefficient (Wildman–Crippen LogP) is 3.54. The van der Waals surface area contributed by atoms with Crippen LogP contribution in [0.2, 0.25) is 15.1 Å². The Morgan fingerprint density at radius 2 is 1.76 bits per heavy atom. The van der Waals surface area contributed by atoms with E-state index in [4.69, 9.17) is 39.5 Å². The second-order valence-corrected chi connectivity index (χ2v) is 7.72. The van der Waals surface area contributed by atoms with E-state index in [0.29, 0.717) is 19.0 Å². The van der Waals surface area contributed by atoms with Gasteiger partial charge in [-0.1, -0.05) is 34.8 Å². The summed E-state index contributed by atoms with van der Waals surface area (Å²) in [5.41, 5.74) is -0.00852. The fraction of sp³-hybridized carbons (Fsp3) is 0.588. The number of piperidine rings is 1. The molecule has 3 rings (SSSR count). The van der Waals surface area contributed by atoms with Gasteiger partial charge in [0.25, 0.3) is 5.91 Å². The number of carbonyl (C=O) groups excluding carboxylic acids is 1. The molecule has 0 spiro atoms. The Morgan fingerprint density at radius 1 is 1.12 bits per heavy atom. The SMILES string of the molecule is O=C(c1c(O)c(Cl)cc(Cl)c1Cl)N1CCC(CN2CCOCC2)CC1. The molecular weight excluding hydrogens is 387 g/mol. The van der Waals surface area contributed by atoms with Crippen LogP contribution < -0.4 is 0 Å². The van der Waals surface area contributed by atoms with Gasteiger partial charge in [0, 0.05) is 32.7 Å². The normalized spacial score (nSPS) is 20.0. The first kappa shape index (κ1) is 19.1. The lowest BCUT2D eigenvalue weighted by molar-refractivity contribution is 0.0242. The van der Waals surface area contributed by atoms with Crippen LogP contribution in [0.3, 0.4) is 0 Å². The van der Waals surface area contributed by atoms with Gasteiger partial charge in [0.1, 0.15) is 11.3 Å². The van der Waals surface area contributed by atoms with Crippen LogP contribution in [0.5, 0.6) is 5.75 Å². The minimum Gasteiger partial charge on any atom is -0.505 e. The van der Waals surface area contributed by atoms with Crippen molar-refractivity contribution >= 4 is 40.7 Å². The molecule has 0 radical (unpaired) electrons. The summed E-state index contributed by atoms with van der Waals surface area (Å²) in [6.07, 6.45) is 1.85. The first-order valence-corrected chi connectivity index (χ1v) is 9.56. The summed E-state index contributed by atoms with van der Waals surface area (Å²) in [4.78, 5) is 16.9. The highest BCUT2D eigenvalue weighted by atomic mass is 35.5. The van der Waals surface area contributed by atoms with Crippen molar-refractivity contribution in [3.63, 3.8) is 0 Å². The number of carbonyl (C=O) groups is 1. The van der Waals surface area contributed by atoms with Crippen LogP contribution in [0.1, 0.15) is 23.2 Å². The van der Waals surface area contributed by atoms with E-state index < -0.39 is 0 Å². The molecule has 8 heteroatoms. The van der Waals surface area contributed by atoms with E-state index in [-0.39, 0.29) is 32.3 Å². The lowest BCUT2D eigenvalue weighted by Crippen LogP contribution is -2.44. The van der Waals surface area contributed by atoms with E-state index in [9.17, 15) is 9.90 Å². The highest BCUT2D eigenvalue weighted by molar-refractivity contribution is 6.45. The largest absolute Gasteiger partial charge is 0.505 e. The molecule has 2 aliphatic heterocycles. The van der Waals surface area contributed by atoms with Gasteiger partial charge in [0.15, 0.2) is 0 Å². The lowest BCUT2D eigenvalue weighted by atomic mass is 9.95. The molecule has 1 amide bonds. The summed E-state index contributed by atoms with van der Waals surface area (Å²) in [6.45, 7) is 5.85. The molecule has 0 bridgehead atoms. The summed E-state index contributed by atoms with van der Waals surface area (Å²) in [5, 5.41) is 10.4. The molecule has 0 saturated carbocycles. The van der Waals surface area contributed by atoms with Crippen LogP contribution in [0.4, 0.5) is 0 Å². The third kappa shape index (κ3) is 4.34. The van der Waals surface area contributed by atoms with Gasteiger partial charge in [0.05, 0.1) is 28.3 Å². The van der Waals surface area contributed by atoms with Crippen molar-refractivity contribution in [2.45, 2.75) is 12.8 Å². The smallest absolute Gasteiger partial charge is 0.259 e. The number of amides is 1. The third-order valence-corrected chi connectivity index (χ3v) is 5.96. The molecular formula is C17H21Cl3N2O3. The molecule has 2 fully saturated rings. The number of phenols is 1. The third-order valence-electron chi connectivity index (χ3n) is 4.88. The van der Waals surface area contributed by atoms with Crippen LogP contribution >= 0.6 is 34.8 Å². The Bertz CT molecular complexity index is 616. The van der Waals surface area contributed by atoms with Crippen molar-refractivity contribution in [1.29, 1.82) is 0 Å². The fourth-order valence-electron chi connectivity index (χ4n) is 3.41. The number of benzene rings is 1. The quantitative estimate of drug-likeness (QED) is 0.779. The van der Waals surface area contributed by atoms with Gasteiger partial charge in [-0.2, -0.15) is 0 Å². The molecule has 2 saturated heterocycles. The van der Waals surface area contributed by atoms with Crippen molar-refractivity contribution in [3.05, 3.63) is 26.7 Å².